The highest BCUT2D eigenvalue weighted by Crippen LogP contribution is 2.44. The van der Waals surface area contributed by atoms with E-state index in [1.54, 1.807) is 6.07 Å². The Hall–Kier alpha value is -2.73. The smallest absolute Gasteiger partial charge is 0.235 e. The summed E-state index contributed by atoms with van der Waals surface area (Å²) < 4.78 is 13.7. The molecule has 30 heavy (non-hydrogen) atoms. The van der Waals surface area contributed by atoms with Gasteiger partial charge in [-0.05, 0) is 67.6 Å². The number of likely N-dealkylation sites (tertiary alicyclic amines) is 1. The molecule has 2 aromatic rings. The van der Waals surface area contributed by atoms with Crippen LogP contribution in [0.25, 0.3) is 0 Å². The molecule has 2 aromatic carbocycles. The second-order valence-corrected chi connectivity index (χ2v) is 8.57. The van der Waals surface area contributed by atoms with Crippen LogP contribution in [0.2, 0.25) is 0 Å². The molecule has 5 nitrogen and oxygen atoms in total. The predicted molar refractivity (Wildman–Crippen MR) is 114 cm³/mol. The number of hydrogen-bond donors (Lipinski definition) is 2. The van der Waals surface area contributed by atoms with Crippen molar-refractivity contribution in [3.8, 4) is 0 Å². The quantitative estimate of drug-likeness (QED) is 0.766. The number of anilines is 1. The third-order valence-corrected chi connectivity index (χ3v) is 6.54. The maximum absolute atomic E-state index is 13.7. The van der Waals surface area contributed by atoms with Crippen LogP contribution in [-0.2, 0) is 21.5 Å². The second kappa shape index (κ2) is 8.56. The van der Waals surface area contributed by atoms with Crippen LogP contribution in [0.3, 0.4) is 0 Å². The molecule has 1 atom stereocenters. The van der Waals surface area contributed by atoms with Crippen LogP contribution in [0.5, 0.6) is 0 Å². The number of piperidine rings is 1. The molecule has 2 aliphatic rings. The first-order valence-corrected chi connectivity index (χ1v) is 10.6. The number of hydrogen-bond acceptors (Lipinski definition) is 3. The van der Waals surface area contributed by atoms with Crippen molar-refractivity contribution < 1.29 is 14.0 Å². The molecular formula is C24H28FN3O2. The first-order valence-electron chi connectivity index (χ1n) is 10.6. The topological polar surface area (TPSA) is 75.4 Å². The van der Waals surface area contributed by atoms with E-state index in [0.29, 0.717) is 6.54 Å². The first-order chi connectivity index (χ1) is 14.5. The molecule has 0 aromatic heterocycles. The number of primary amides is 1. The molecule has 0 radical (unpaired) electrons. The Bertz CT molecular complexity index is 924. The average Bonchev–Trinajstić information content (AvgIpc) is 2.69. The summed E-state index contributed by atoms with van der Waals surface area (Å²) in [5.74, 6) is -0.681. The Morgan fingerprint density at radius 3 is 2.53 bits per heavy atom. The van der Waals surface area contributed by atoms with E-state index < -0.39 is 5.41 Å². The molecule has 1 unspecified atom stereocenters. The molecule has 1 saturated heterocycles. The van der Waals surface area contributed by atoms with E-state index in [1.165, 1.54) is 12.1 Å². The van der Waals surface area contributed by atoms with Crippen molar-refractivity contribution in [2.75, 3.05) is 18.4 Å². The van der Waals surface area contributed by atoms with Gasteiger partial charge in [-0.2, -0.15) is 0 Å². The van der Waals surface area contributed by atoms with E-state index in [4.69, 9.17) is 5.73 Å². The fraction of sp³-hybridized carbons (Fsp3) is 0.417. The molecule has 4 rings (SSSR count). The summed E-state index contributed by atoms with van der Waals surface area (Å²) in [5, 5.41) is 3.02. The summed E-state index contributed by atoms with van der Waals surface area (Å²) in [7, 11) is 0. The van der Waals surface area contributed by atoms with Gasteiger partial charge in [-0.3, -0.25) is 14.5 Å². The highest BCUT2D eigenvalue weighted by atomic mass is 19.1. The summed E-state index contributed by atoms with van der Waals surface area (Å²) >= 11 is 0. The molecule has 1 saturated carbocycles. The van der Waals surface area contributed by atoms with Crippen molar-refractivity contribution in [3.05, 3.63) is 65.5 Å². The number of carbonyl (C=O) groups excluding carboxylic acids is 2. The van der Waals surface area contributed by atoms with Crippen LogP contribution in [-0.4, -0.2) is 29.8 Å². The van der Waals surface area contributed by atoms with Gasteiger partial charge in [0.15, 0.2) is 0 Å². The number of nitrogens with two attached hydrogens (primary N) is 1. The Balaban J connectivity index is 1.40. The fourth-order valence-electron chi connectivity index (χ4n) is 4.60. The average molecular weight is 410 g/mol. The second-order valence-electron chi connectivity index (χ2n) is 8.57. The number of nitrogens with one attached hydrogen (secondary N) is 1. The lowest BCUT2D eigenvalue weighted by atomic mass is 9.63. The van der Waals surface area contributed by atoms with Crippen molar-refractivity contribution in [2.45, 2.75) is 44.1 Å². The van der Waals surface area contributed by atoms with E-state index in [-0.39, 0.29) is 23.5 Å². The van der Waals surface area contributed by atoms with Crippen LogP contribution in [0.1, 0.15) is 43.2 Å². The lowest BCUT2D eigenvalue weighted by Gasteiger charge is -2.40. The number of rotatable bonds is 6. The van der Waals surface area contributed by atoms with Crippen LogP contribution in [0.15, 0.2) is 48.5 Å². The van der Waals surface area contributed by atoms with Gasteiger partial charge in [-0.1, -0.05) is 30.7 Å². The van der Waals surface area contributed by atoms with E-state index in [9.17, 15) is 14.0 Å². The van der Waals surface area contributed by atoms with Crippen LogP contribution in [0, 0.1) is 11.7 Å². The normalized spacial score (nSPS) is 20.9. The van der Waals surface area contributed by atoms with E-state index in [0.717, 1.165) is 62.0 Å². The number of benzene rings is 2. The number of carbonyl (C=O) groups is 2. The molecule has 158 valence electrons. The highest BCUT2D eigenvalue weighted by Gasteiger charge is 2.45. The van der Waals surface area contributed by atoms with E-state index >= 15 is 0 Å². The monoisotopic (exact) mass is 409 g/mol. The van der Waals surface area contributed by atoms with Gasteiger partial charge in [0.25, 0.3) is 0 Å². The minimum atomic E-state index is -0.641. The molecule has 0 spiro atoms. The van der Waals surface area contributed by atoms with E-state index in [1.807, 2.05) is 30.3 Å². The van der Waals surface area contributed by atoms with E-state index in [2.05, 4.69) is 10.2 Å². The lowest BCUT2D eigenvalue weighted by molar-refractivity contribution is -0.124. The SMILES string of the molecule is NC(=O)C1CCCN(Cc2ccc(NC(=O)C3(c4cccc(F)c4)CCC3)cc2)C1. The summed E-state index contributed by atoms with van der Waals surface area (Å²) in [5.41, 5.74) is 7.43. The van der Waals surface area contributed by atoms with Crippen molar-refractivity contribution >= 4 is 17.5 Å². The third-order valence-electron chi connectivity index (χ3n) is 6.54. The minimum Gasteiger partial charge on any atom is -0.369 e. The molecule has 2 fully saturated rings. The lowest BCUT2D eigenvalue weighted by Crippen LogP contribution is -2.46. The zero-order valence-corrected chi connectivity index (χ0v) is 17.1. The molecule has 1 heterocycles. The summed E-state index contributed by atoms with van der Waals surface area (Å²) in [4.78, 5) is 26.8. The summed E-state index contributed by atoms with van der Waals surface area (Å²) in [6.45, 7) is 2.41. The van der Waals surface area contributed by atoms with Crippen molar-refractivity contribution in [3.63, 3.8) is 0 Å². The Labute approximate surface area is 176 Å². The Morgan fingerprint density at radius 1 is 1.13 bits per heavy atom. The maximum atomic E-state index is 13.7. The van der Waals surface area contributed by atoms with Gasteiger partial charge in [-0.15, -0.1) is 0 Å². The molecular weight excluding hydrogens is 381 g/mol. The van der Waals surface area contributed by atoms with Gasteiger partial charge in [0.1, 0.15) is 5.82 Å². The summed E-state index contributed by atoms with van der Waals surface area (Å²) in [6, 6.07) is 14.2. The predicted octanol–water partition coefficient (Wildman–Crippen LogP) is 3.58. The molecule has 6 heteroatoms. The van der Waals surface area contributed by atoms with Crippen LogP contribution in [0.4, 0.5) is 10.1 Å². The van der Waals surface area contributed by atoms with Crippen LogP contribution < -0.4 is 11.1 Å². The van der Waals surface area contributed by atoms with Gasteiger partial charge in [0, 0.05) is 18.8 Å². The van der Waals surface area contributed by atoms with Crippen molar-refractivity contribution in [2.24, 2.45) is 11.7 Å². The number of nitrogens with zero attached hydrogens (tertiary/aromatic N) is 1. The third kappa shape index (κ3) is 4.24. The standard InChI is InChI=1S/C24H28FN3O2/c25-20-6-1-5-19(14-20)24(11-3-12-24)23(30)27-21-9-7-17(8-10-21)15-28-13-2-4-18(16-28)22(26)29/h1,5-10,14,18H,2-4,11-13,15-16H2,(H2,26,29)(H,27,30). The summed E-state index contributed by atoms with van der Waals surface area (Å²) in [6.07, 6.45) is 4.27. The number of halogens is 1. The van der Waals surface area contributed by atoms with Gasteiger partial charge in [0.2, 0.25) is 11.8 Å². The molecule has 2 amide bonds. The van der Waals surface area contributed by atoms with Gasteiger partial charge < -0.3 is 11.1 Å². The molecule has 1 aliphatic heterocycles. The number of amides is 2. The zero-order valence-electron chi connectivity index (χ0n) is 17.1. The molecule has 1 aliphatic carbocycles. The van der Waals surface area contributed by atoms with Gasteiger partial charge in [-0.25, -0.2) is 4.39 Å². The Morgan fingerprint density at radius 2 is 1.90 bits per heavy atom. The molecule has 3 N–H and O–H groups in total. The van der Waals surface area contributed by atoms with Gasteiger partial charge in [0.05, 0.1) is 11.3 Å². The minimum absolute atomic E-state index is 0.0706. The first kappa shape index (κ1) is 20.5. The zero-order chi connectivity index (χ0) is 21.1. The van der Waals surface area contributed by atoms with Crippen LogP contribution >= 0.6 is 0 Å². The molecule has 0 bridgehead atoms. The fourth-order valence-corrected chi connectivity index (χ4v) is 4.60. The maximum Gasteiger partial charge on any atom is 0.235 e. The Kier molecular flexibility index (Phi) is 5.86. The van der Waals surface area contributed by atoms with Crippen molar-refractivity contribution in [1.82, 2.24) is 4.90 Å². The van der Waals surface area contributed by atoms with Gasteiger partial charge >= 0.3 is 0 Å². The largest absolute Gasteiger partial charge is 0.369 e. The highest BCUT2D eigenvalue weighted by molar-refractivity contribution is 5.99. The van der Waals surface area contributed by atoms with Crippen molar-refractivity contribution in [1.29, 1.82) is 0 Å².